The van der Waals surface area contributed by atoms with Gasteiger partial charge in [0.15, 0.2) is 0 Å². The second kappa shape index (κ2) is 3.89. The normalized spacial score (nSPS) is 10.4. The lowest BCUT2D eigenvalue weighted by atomic mass is 9.96. The summed E-state index contributed by atoms with van der Waals surface area (Å²) in [6, 6.07) is 12.2. The van der Waals surface area contributed by atoms with Crippen LogP contribution >= 0.6 is 0 Å². The van der Waals surface area contributed by atoms with Gasteiger partial charge in [-0.3, -0.25) is 0 Å². The number of anilines is 2. The summed E-state index contributed by atoms with van der Waals surface area (Å²) in [6.07, 6.45) is 0. The fourth-order valence-corrected chi connectivity index (χ4v) is 1.87. The molecule has 0 bridgehead atoms. The number of aryl methyl sites for hydroxylation is 1. The van der Waals surface area contributed by atoms with Gasteiger partial charge in [-0.25, -0.2) is 0 Å². The van der Waals surface area contributed by atoms with Crippen LogP contribution in [0.15, 0.2) is 36.4 Å². The van der Waals surface area contributed by atoms with E-state index in [1.807, 2.05) is 38.1 Å². The van der Waals surface area contributed by atoms with Crippen LogP contribution in [0.2, 0.25) is 0 Å². The number of hydrogen-bond acceptors (Lipinski definition) is 2. The van der Waals surface area contributed by atoms with Gasteiger partial charge in [-0.1, -0.05) is 30.3 Å². The molecule has 0 aromatic heterocycles. The molecule has 2 heteroatoms. The van der Waals surface area contributed by atoms with Crippen molar-refractivity contribution in [1.29, 1.82) is 0 Å². The minimum Gasteiger partial charge on any atom is -0.398 e. The maximum Gasteiger partial charge on any atom is 0.0444 e. The van der Waals surface area contributed by atoms with Gasteiger partial charge < -0.3 is 11.5 Å². The second-order valence-electron chi connectivity index (χ2n) is 4.06. The largest absolute Gasteiger partial charge is 0.398 e. The average Bonchev–Trinajstić information content (AvgIpc) is 2.32. The maximum absolute atomic E-state index is 6.10. The molecule has 2 aromatic rings. The van der Waals surface area contributed by atoms with Crippen molar-refractivity contribution < 1.29 is 0 Å². The second-order valence-corrected chi connectivity index (χ2v) is 4.06. The molecule has 0 fully saturated rings. The molecule has 0 amide bonds. The lowest BCUT2D eigenvalue weighted by Gasteiger charge is -2.13. The van der Waals surface area contributed by atoms with E-state index in [0.29, 0.717) is 0 Å². The van der Waals surface area contributed by atoms with Gasteiger partial charge in [0.25, 0.3) is 0 Å². The van der Waals surface area contributed by atoms with Crippen molar-refractivity contribution in [3.05, 3.63) is 47.5 Å². The molecular formula is C14H16N2. The summed E-state index contributed by atoms with van der Waals surface area (Å²) in [6.45, 7) is 3.97. The van der Waals surface area contributed by atoms with E-state index in [4.69, 9.17) is 11.5 Å². The average molecular weight is 212 g/mol. The highest BCUT2D eigenvalue weighted by Gasteiger charge is 2.09. The van der Waals surface area contributed by atoms with Gasteiger partial charge in [0.05, 0.1) is 0 Å². The van der Waals surface area contributed by atoms with E-state index >= 15 is 0 Å². The quantitative estimate of drug-likeness (QED) is 0.713. The van der Waals surface area contributed by atoms with Crippen molar-refractivity contribution in [3.8, 4) is 11.1 Å². The number of nitrogens with two attached hydrogens (primary N) is 2. The van der Waals surface area contributed by atoms with E-state index in [9.17, 15) is 0 Å². The first-order valence-corrected chi connectivity index (χ1v) is 5.32. The van der Waals surface area contributed by atoms with Gasteiger partial charge in [-0.2, -0.15) is 0 Å². The number of benzene rings is 2. The standard InChI is InChI=1S/C14H16N2/c1-9-8-12(11-6-4-3-5-7-11)14(16)10(2)13(9)15/h3-8H,15-16H2,1-2H3. The van der Waals surface area contributed by atoms with E-state index in [0.717, 1.165) is 33.6 Å². The third kappa shape index (κ3) is 1.63. The summed E-state index contributed by atoms with van der Waals surface area (Å²) in [4.78, 5) is 0. The molecule has 0 spiro atoms. The monoisotopic (exact) mass is 212 g/mol. The Balaban J connectivity index is 2.68. The van der Waals surface area contributed by atoms with Gasteiger partial charge in [0, 0.05) is 16.9 Å². The zero-order valence-electron chi connectivity index (χ0n) is 9.62. The Hall–Kier alpha value is -1.96. The van der Waals surface area contributed by atoms with Crippen molar-refractivity contribution in [3.63, 3.8) is 0 Å². The highest BCUT2D eigenvalue weighted by molar-refractivity contribution is 5.83. The zero-order valence-corrected chi connectivity index (χ0v) is 9.62. The molecule has 0 unspecified atom stereocenters. The Morgan fingerprint density at radius 3 is 2.12 bits per heavy atom. The van der Waals surface area contributed by atoms with Crippen LogP contribution in [0, 0.1) is 13.8 Å². The molecule has 2 nitrogen and oxygen atoms in total. The molecule has 16 heavy (non-hydrogen) atoms. The van der Waals surface area contributed by atoms with E-state index < -0.39 is 0 Å². The first-order chi connectivity index (χ1) is 7.61. The Kier molecular flexibility index (Phi) is 2.57. The Bertz CT molecular complexity index is 516. The van der Waals surface area contributed by atoms with E-state index in [2.05, 4.69) is 12.1 Å². The number of hydrogen-bond donors (Lipinski definition) is 2. The lowest BCUT2D eigenvalue weighted by Crippen LogP contribution is -2.01. The van der Waals surface area contributed by atoms with Crippen LogP contribution < -0.4 is 11.5 Å². The SMILES string of the molecule is Cc1cc(-c2ccccc2)c(N)c(C)c1N. The predicted molar refractivity (Wildman–Crippen MR) is 70.2 cm³/mol. The summed E-state index contributed by atoms with van der Waals surface area (Å²) < 4.78 is 0. The topological polar surface area (TPSA) is 52.0 Å². The van der Waals surface area contributed by atoms with Crippen LogP contribution in [0.3, 0.4) is 0 Å². The molecule has 0 saturated heterocycles. The van der Waals surface area contributed by atoms with Gasteiger partial charge in [0.2, 0.25) is 0 Å². The maximum atomic E-state index is 6.10. The minimum atomic E-state index is 0.773. The lowest BCUT2D eigenvalue weighted by molar-refractivity contribution is 1.39. The highest BCUT2D eigenvalue weighted by atomic mass is 14.6. The molecule has 2 aromatic carbocycles. The number of nitrogen functional groups attached to an aromatic ring is 2. The summed E-state index contributed by atoms with van der Waals surface area (Å²) in [5.74, 6) is 0. The molecule has 0 atom stereocenters. The van der Waals surface area contributed by atoms with Crippen LogP contribution in [0.1, 0.15) is 11.1 Å². The Morgan fingerprint density at radius 1 is 0.875 bits per heavy atom. The molecule has 0 radical (unpaired) electrons. The number of rotatable bonds is 1. The van der Waals surface area contributed by atoms with E-state index in [1.165, 1.54) is 0 Å². The van der Waals surface area contributed by atoms with Crippen LogP contribution in [0.5, 0.6) is 0 Å². The highest BCUT2D eigenvalue weighted by Crippen LogP contribution is 2.33. The summed E-state index contributed by atoms with van der Waals surface area (Å²) in [7, 11) is 0. The van der Waals surface area contributed by atoms with Gasteiger partial charge in [0.1, 0.15) is 0 Å². The molecule has 0 aliphatic rings. The van der Waals surface area contributed by atoms with E-state index in [-0.39, 0.29) is 0 Å². The molecule has 0 aliphatic carbocycles. The van der Waals surface area contributed by atoms with Crippen molar-refractivity contribution in [2.45, 2.75) is 13.8 Å². The molecule has 0 saturated carbocycles. The molecule has 0 aliphatic heterocycles. The van der Waals surface area contributed by atoms with Crippen molar-refractivity contribution in [2.24, 2.45) is 0 Å². The third-order valence-electron chi connectivity index (χ3n) is 2.97. The smallest absolute Gasteiger partial charge is 0.0444 e. The van der Waals surface area contributed by atoms with Crippen molar-refractivity contribution in [2.75, 3.05) is 11.5 Å². The Labute approximate surface area is 95.9 Å². The third-order valence-corrected chi connectivity index (χ3v) is 2.97. The van der Waals surface area contributed by atoms with E-state index in [1.54, 1.807) is 0 Å². The Morgan fingerprint density at radius 2 is 1.50 bits per heavy atom. The summed E-state index contributed by atoms with van der Waals surface area (Å²) >= 11 is 0. The first-order valence-electron chi connectivity index (χ1n) is 5.32. The van der Waals surface area contributed by atoms with Crippen LogP contribution in [-0.4, -0.2) is 0 Å². The zero-order chi connectivity index (χ0) is 11.7. The molecule has 82 valence electrons. The predicted octanol–water partition coefficient (Wildman–Crippen LogP) is 3.13. The van der Waals surface area contributed by atoms with Gasteiger partial charge in [-0.05, 0) is 36.6 Å². The minimum absolute atomic E-state index is 0.773. The fourth-order valence-electron chi connectivity index (χ4n) is 1.87. The fraction of sp³-hybridized carbons (Fsp3) is 0.143. The van der Waals surface area contributed by atoms with Crippen LogP contribution in [-0.2, 0) is 0 Å². The summed E-state index contributed by atoms with van der Waals surface area (Å²) in [5, 5.41) is 0. The first kappa shape index (κ1) is 10.6. The molecular weight excluding hydrogens is 196 g/mol. The van der Waals surface area contributed by atoms with Gasteiger partial charge >= 0.3 is 0 Å². The van der Waals surface area contributed by atoms with Crippen LogP contribution in [0.25, 0.3) is 11.1 Å². The van der Waals surface area contributed by atoms with Crippen molar-refractivity contribution >= 4 is 11.4 Å². The molecule has 0 heterocycles. The van der Waals surface area contributed by atoms with Gasteiger partial charge in [-0.15, -0.1) is 0 Å². The molecule has 4 N–H and O–H groups in total. The van der Waals surface area contributed by atoms with Crippen LogP contribution in [0.4, 0.5) is 11.4 Å². The summed E-state index contributed by atoms with van der Waals surface area (Å²) in [5.41, 5.74) is 17.9. The molecule has 2 rings (SSSR count). The van der Waals surface area contributed by atoms with Crippen molar-refractivity contribution in [1.82, 2.24) is 0 Å².